The zero-order valence-electron chi connectivity index (χ0n) is 15.1. The molecule has 4 aliphatic carbocycles. The van der Waals surface area contributed by atoms with E-state index in [4.69, 9.17) is 0 Å². The van der Waals surface area contributed by atoms with Gasteiger partial charge >= 0.3 is 0 Å². The molecule has 0 aromatic rings. The highest BCUT2D eigenvalue weighted by atomic mass is 16.2. The fourth-order valence-electron chi connectivity index (χ4n) is 6.58. The number of rotatable bonds is 3. The molecule has 5 rings (SSSR count). The highest BCUT2D eigenvalue weighted by Gasteiger charge is 2.51. The van der Waals surface area contributed by atoms with Gasteiger partial charge in [-0.3, -0.25) is 9.59 Å². The summed E-state index contributed by atoms with van der Waals surface area (Å²) in [4.78, 5) is 28.9. The minimum atomic E-state index is 0.227. The smallest absolute Gasteiger partial charge is 0.223 e. The van der Waals surface area contributed by atoms with E-state index in [1.165, 1.54) is 38.5 Å². The second-order valence-electron chi connectivity index (χ2n) is 9.06. The van der Waals surface area contributed by atoms with Gasteiger partial charge in [0.25, 0.3) is 0 Å². The largest absolute Gasteiger partial charge is 0.341 e. The summed E-state index contributed by atoms with van der Waals surface area (Å²) >= 11 is 0. The summed E-state index contributed by atoms with van der Waals surface area (Å²) in [6.07, 6.45) is 10.5. The van der Waals surface area contributed by atoms with E-state index < -0.39 is 0 Å². The zero-order valence-corrected chi connectivity index (χ0v) is 15.1. The molecular weight excluding hydrogens is 300 g/mol. The van der Waals surface area contributed by atoms with E-state index in [1.54, 1.807) is 0 Å². The summed E-state index contributed by atoms with van der Waals surface area (Å²) in [5, 5.41) is 0. The lowest BCUT2D eigenvalue weighted by atomic mass is 9.49. The summed E-state index contributed by atoms with van der Waals surface area (Å²) in [6.45, 7) is 5.02. The number of hydrogen-bond acceptors (Lipinski definition) is 2. The number of carbonyl (C=O) groups excluding carboxylic acids is 2. The monoisotopic (exact) mass is 332 g/mol. The van der Waals surface area contributed by atoms with Crippen molar-refractivity contribution in [2.24, 2.45) is 23.2 Å². The van der Waals surface area contributed by atoms with Crippen molar-refractivity contribution in [3.8, 4) is 0 Å². The van der Waals surface area contributed by atoms with E-state index in [0.29, 0.717) is 17.7 Å². The third-order valence-corrected chi connectivity index (χ3v) is 7.20. The number of hydrogen-bond donors (Lipinski definition) is 0. The molecule has 134 valence electrons. The average Bonchev–Trinajstić information content (AvgIpc) is 2.78. The maximum Gasteiger partial charge on any atom is 0.223 e. The Balaban J connectivity index is 1.37. The zero-order chi connectivity index (χ0) is 16.7. The van der Waals surface area contributed by atoms with Crippen molar-refractivity contribution in [1.82, 2.24) is 9.80 Å². The molecule has 0 unspecified atom stereocenters. The van der Waals surface area contributed by atoms with Gasteiger partial charge in [0.15, 0.2) is 0 Å². The molecule has 1 heterocycles. The van der Waals surface area contributed by atoms with Crippen LogP contribution in [-0.2, 0) is 9.59 Å². The molecule has 4 bridgehead atoms. The maximum absolute atomic E-state index is 13.0. The molecule has 2 amide bonds. The molecule has 0 spiro atoms. The molecule has 5 aliphatic rings. The number of nitrogens with zero attached hydrogens (tertiary/aromatic N) is 2. The topological polar surface area (TPSA) is 40.6 Å². The summed E-state index contributed by atoms with van der Waals surface area (Å²) in [5.41, 5.74) is 0.330. The van der Waals surface area contributed by atoms with Gasteiger partial charge in [-0.15, -0.1) is 0 Å². The first kappa shape index (κ1) is 16.4. The minimum absolute atomic E-state index is 0.227. The Hall–Kier alpha value is -1.06. The molecule has 5 fully saturated rings. The molecule has 24 heavy (non-hydrogen) atoms. The van der Waals surface area contributed by atoms with Crippen LogP contribution in [0.15, 0.2) is 0 Å². The minimum Gasteiger partial charge on any atom is -0.341 e. The molecule has 0 aromatic heterocycles. The fourth-order valence-corrected chi connectivity index (χ4v) is 6.58. The fraction of sp³-hybridized carbons (Fsp3) is 0.900. The normalized spacial score (nSPS) is 38.3. The number of amides is 2. The Morgan fingerprint density at radius 2 is 1.33 bits per heavy atom. The van der Waals surface area contributed by atoms with Gasteiger partial charge in [0.05, 0.1) is 0 Å². The van der Waals surface area contributed by atoms with Gasteiger partial charge in [0.1, 0.15) is 0 Å². The Labute approximate surface area is 145 Å². The van der Waals surface area contributed by atoms with Gasteiger partial charge in [-0.2, -0.15) is 0 Å². The highest BCUT2D eigenvalue weighted by Crippen LogP contribution is 2.61. The van der Waals surface area contributed by atoms with Crippen LogP contribution in [0.25, 0.3) is 0 Å². The van der Waals surface area contributed by atoms with E-state index in [1.807, 2.05) is 11.8 Å². The van der Waals surface area contributed by atoms with E-state index in [2.05, 4.69) is 4.90 Å². The molecule has 4 nitrogen and oxygen atoms in total. The second-order valence-corrected chi connectivity index (χ2v) is 9.06. The van der Waals surface area contributed by atoms with Crippen LogP contribution < -0.4 is 0 Å². The van der Waals surface area contributed by atoms with Crippen molar-refractivity contribution in [2.45, 2.75) is 64.7 Å². The predicted octanol–water partition coefficient (Wildman–Crippen LogP) is 3.06. The average molecular weight is 332 g/mol. The van der Waals surface area contributed by atoms with Crippen LogP contribution in [0.4, 0.5) is 0 Å². The molecule has 0 N–H and O–H groups in total. The van der Waals surface area contributed by atoms with Crippen LogP contribution >= 0.6 is 0 Å². The lowest BCUT2D eigenvalue weighted by Crippen LogP contribution is -2.48. The van der Waals surface area contributed by atoms with Crippen LogP contribution in [0.2, 0.25) is 0 Å². The summed E-state index contributed by atoms with van der Waals surface area (Å²) in [6, 6.07) is 0. The molecule has 1 aliphatic heterocycles. The first-order valence-electron chi connectivity index (χ1n) is 10.1. The van der Waals surface area contributed by atoms with Crippen LogP contribution in [0.3, 0.4) is 0 Å². The van der Waals surface area contributed by atoms with Crippen molar-refractivity contribution in [1.29, 1.82) is 0 Å². The van der Waals surface area contributed by atoms with Crippen LogP contribution in [0.5, 0.6) is 0 Å². The SMILES string of the molecule is CCC(=O)N1CCCN(C(=O)CC23CC4CC(CC(C4)C2)C3)CC1. The Morgan fingerprint density at radius 1 is 0.833 bits per heavy atom. The Bertz CT molecular complexity index is 480. The van der Waals surface area contributed by atoms with Crippen LogP contribution in [-0.4, -0.2) is 47.8 Å². The molecule has 0 atom stereocenters. The van der Waals surface area contributed by atoms with Crippen LogP contribution in [0.1, 0.15) is 64.7 Å². The quantitative estimate of drug-likeness (QED) is 0.797. The summed E-state index contributed by atoms with van der Waals surface area (Å²) in [5.74, 6) is 3.32. The van der Waals surface area contributed by atoms with E-state index >= 15 is 0 Å². The summed E-state index contributed by atoms with van der Waals surface area (Å²) in [7, 11) is 0. The molecule has 0 radical (unpaired) electrons. The Morgan fingerprint density at radius 3 is 1.83 bits per heavy atom. The van der Waals surface area contributed by atoms with Gasteiger partial charge in [-0.05, 0) is 68.1 Å². The summed E-state index contributed by atoms with van der Waals surface area (Å²) < 4.78 is 0. The third kappa shape index (κ3) is 3.09. The lowest BCUT2D eigenvalue weighted by Gasteiger charge is -2.57. The second kappa shape index (κ2) is 6.34. The van der Waals surface area contributed by atoms with Gasteiger partial charge in [0.2, 0.25) is 11.8 Å². The first-order chi connectivity index (χ1) is 11.6. The molecule has 4 saturated carbocycles. The van der Waals surface area contributed by atoms with Crippen molar-refractivity contribution in [3.63, 3.8) is 0 Å². The number of carbonyl (C=O) groups is 2. The van der Waals surface area contributed by atoms with Crippen molar-refractivity contribution >= 4 is 11.8 Å². The van der Waals surface area contributed by atoms with Crippen molar-refractivity contribution in [3.05, 3.63) is 0 Å². The van der Waals surface area contributed by atoms with E-state index in [9.17, 15) is 9.59 Å². The van der Waals surface area contributed by atoms with Crippen LogP contribution in [0, 0.1) is 23.2 Å². The molecular formula is C20H32N2O2. The Kier molecular flexibility index (Phi) is 4.34. The molecule has 4 heteroatoms. The maximum atomic E-state index is 13.0. The standard InChI is InChI=1S/C20H32N2O2/c1-2-18(23)21-4-3-5-22(7-6-21)19(24)14-20-11-15-8-16(12-20)10-17(9-15)13-20/h15-17H,2-14H2,1H3. The van der Waals surface area contributed by atoms with Crippen molar-refractivity contribution < 1.29 is 9.59 Å². The van der Waals surface area contributed by atoms with Crippen molar-refractivity contribution in [2.75, 3.05) is 26.2 Å². The third-order valence-electron chi connectivity index (χ3n) is 7.20. The van der Waals surface area contributed by atoms with Gasteiger partial charge in [0, 0.05) is 39.0 Å². The lowest BCUT2D eigenvalue weighted by molar-refractivity contribution is -0.140. The van der Waals surface area contributed by atoms with E-state index in [0.717, 1.165) is 56.8 Å². The predicted molar refractivity (Wildman–Crippen MR) is 93.3 cm³/mol. The first-order valence-corrected chi connectivity index (χ1v) is 10.1. The molecule has 1 saturated heterocycles. The molecule has 0 aromatic carbocycles. The van der Waals surface area contributed by atoms with Gasteiger partial charge in [-0.25, -0.2) is 0 Å². The van der Waals surface area contributed by atoms with E-state index in [-0.39, 0.29) is 5.91 Å². The highest BCUT2D eigenvalue weighted by molar-refractivity contribution is 5.78. The van der Waals surface area contributed by atoms with Gasteiger partial charge < -0.3 is 9.80 Å². The van der Waals surface area contributed by atoms with Gasteiger partial charge in [-0.1, -0.05) is 6.92 Å².